The second-order valence-electron chi connectivity index (χ2n) is 11.5. The molecule has 0 N–H and O–H groups in total. The quantitative estimate of drug-likeness (QED) is 0.151. The van der Waals surface area contributed by atoms with Crippen LogP contribution in [0, 0.1) is 42.4 Å². The molecule has 0 saturated heterocycles. The molecular weight excluding hydrogens is 560 g/mol. The Kier molecular flexibility index (Phi) is 8.00. The van der Waals surface area contributed by atoms with Gasteiger partial charge in [0, 0.05) is 17.1 Å². The number of rotatable bonds is 8. The summed E-state index contributed by atoms with van der Waals surface area (Å²) in [5.41, 5.74) is 4.34. The monoisotopic (exact) mass is 591 g/mol. The van der Waals surface area contributed by atoms with Gasteiger partial charge in [0.2, 0.25) is 5.95 Å². The van der Waals surface area contributed by atoms with E-state index in [0.717, 1.165) is 34.4 Å². The summed E-state index contributed by atoms with van der Waals surface area (Å²) < 4.78 is 34.3. The molecule has 2 aliphatic carbocycles. The molecule has 2 saturated carbocycles. The first kappa shape index (κ1) is 28.1. The largest absolute Gasteiger partial charge is 0.496 e. The van der Waals surface area contributed by atoms with Gasteiger partial charge in [-0.05, 0) is 90.5 Å². The average Bonchev–Trinajstić information content (AvgIpc) is 3.54. The Morgan fingerprint density at radius 2 is 1.85 bits per heavy atom. The molecule has 2 unspecified atom stereocenters. The molecule has 0 amide bonds. The number of carbonyl (C=O) groups excluding carboxylic acids is 1. The topological polar surface area (TPSA) is 39.2 Å². The molecule has 7 heteroatoms. The first-order valence-corrected chi connectivity index (χ1v) is 15.5. The Morgan fingerprint density at radius 1 is 1.07 bits per heavy atom. The lowest BCUT2D eigenvalue weighted by atomic mass is 9.84. The SMILES string of the molecule is COc1ccc(-c2ccc(F)nc2)cc1CC1C(CC(=C=O)c2sc3c(F)ccc(C)c3c2Cl)[C@H]1C1CCCCC1. The Hall–Kier alpha value is -3.05. The van der Waals surface area contributed by atoms with Crippen LogP contribution in [0.2, 0.25) is 5.02 Å². The fourth-order valence-electron chi connectivity index (χ4n) is 7.09. The van der Waals surface area contributed by atoms with E-state index in [1.807, 2.05) is 19.1 Å². The van der Waals surface area contributed by atoms with E-state index in [1.54, 1.807) is 25.4 Å². The summed E-state index contributed by atoms with van der Waals surface area (Å²) in [5, 5.41) is 1.14. The van der Waals surface area contributed by atoms with Crippen LogP contribution in [-0.4, -0.2) is 18.0 Å². The van der Waals surface area contributed by atoms with Crippen LogP contribution in [0.5, 0.6) is 5.75 Å². The molecule has 2 aromatic carbocycles. The van der Waals surface area contributed by atoms with E-state index in [0.29, 0.717) is 55.7 Å². The number of aryl methyl sites for hydroxylation is 1. The number of nitrogens with zero attached hydrogens (tertiary/aromatic N) is 1. The van der Waals surface area contributed by atoms with Gasteiger partial charge in [-0.2, -0.15) is 4.39 Å². The zero-order chi connectivity index (χ0) is 28.7. The Labute approximate surface area is 248 Å². The Bertz CT molecular complexity index is 1640. The number of hydrogen-bond donors (Lipinski definition) is 0. The number of allylic oxidation sites excluding steroid dienone is 1. The fourth-order valence-corrected chi connectivity index (χ4v) is 8.79. The van der Waals surface area contributed by atoms with Crippen molar-refractivity contribution in [2.75, 3.05) is 7.11 Å². The van der Waals surface area contributed by atoms with Gasteiger partial charge in [0.15, 0.2) is 0 Å². The zero-order valence-electron chi connectivity index (χ0n) is 23.2. The fraction of sp³-hybridized carbons (Fsp3) is 0.382. The highest BCUT2D eigenvalue weighted by molar-refractivity contribution is 7.21. The molecule has 2 aliphatic rings. The lowest BCUT2D eigenvalue weighted by Gasteiger charge is -2.22. The van der Waals surface area contributed by atoms with Crippen molar-refractivity contribution in [2.24, 2.45) is 23.7 Å². The van der Waals surface area contributed by atoms with Crippen molar-refractivity contribution in [3.05, 3.63) is 81.5 Å². The molecule has 3 atom stereocenters. The van der Waals surface area contributed by atoms with Crippen molar-refractivity contribution in [2.45, 2.75) is 51.9 Å². The van der Waals surface area contributed by atoms with Gasteiger partial charge >= 0.3 is 0 Å². The zero-order valence-corrected chi connectivity index (χ0v) is 24.8. The standard InChI is InChI=1S/C34H32ClF2NO2S/c1-19-8-11-27(36)34-30(19)32(35)33(41-34)24(18-39)16-26-25(31(26)20-6-4-3-5-7-20)15-23-14-21(9-12-28(23)40-2)22-10-13-29(37)38-17-22/h8-14,17,20,25-26,31H,3-7,15-16H2,1-2H3/t25?,26?,31-/m0/s1. The number of thiophene rings is 1. The molecule has 0 aliphatic heterocycles. The maximum atomic E-state index is 14.7. The highest BCUT2D eigenvalue weighted by atomic mass is 35.5. The van der Waals surface area contributed by atoms with Crippen LogP contribution < -0.4 is 4.74 Å². The van der Waals surface area contributed by atoms with Crippen molar-refractivity contribution in [1.82, 2.24) is 4.98 Å². The van der Waals surface area contributed by atoms with Gasteiger partial charge < -0.3 is 4.74 Å². The lowest BCUT2D eigenvalue weighted by molar-refractivity contribution is 0.301. The number of hydrogen-bond acceptors (Lipinski definition) is 4. The maximum absolute atomic E-state index is 14.7. The Balaban J connectivity index is 1.31. The number of aromatic nitrogens is 1. The van der Waals surface area contributed by atoms with Crippen LogP contribution in [0.3, 0.4) is 0 Å². The molecule has 2 fully saturated rings. The van der Waals surface area contributed by atoms with E-state index in [-0.39, 0.29) is 5.82 Å². The van der Waals surface area contributed by atoms with Crippen molar-refractivity contribution in [3.63, 3.8) is 0 Å². The average molecular weight is 592 g/mol. The summed E-state index contributed by atoms with van der Waals surface area (Å²) in [6.45, 7) is 1.91. The first-order chi connectivity index (χ1) is 19.9. The number of benzene rings is 2. The van der Waals surface area contributed by atoms with Crippen molar-refractivity contribution in [1.29, 1.82) is 0 Å². The minimum Gasteiger partial charge on any atom is -0.496 e. The van der Waals surface area contributed by atoms with E-state index in [9.17, 15) is 13.6 Å². The van der Waals surface area contributed by atoms with Crippen LogP contribution in [0.25, 0.3) is 26.8 Å². The van der Waals surface area contributed by atoms with E-state index in [1.165, 1.54) is 55.6 Å². The van der Waals surface area contributed by atoms with Gasteiger partial charge in [0.1, 0.15) is 17.5 Å². The van der Waals surface area contributed by atoms with Crippen LogP contribution in [0.1, 0.15) is 54.5 Å². The third kappa shape index (κ3) is 5.46. The van der Waals surface area contributed by atoms with Crippen molar-refractivity contribution in [3.8, 4) is 16.9 Å². The lowest BCUT2D eigenvalue weighted by Crippen LogP contribution is -2.10. The number of methoxy groups -OCH3 is 1. The van der Waals surface area contributed by atoms with Gasteiger partial charge in [-0.1, -0.05) is 55.8 Å². The second-order valence-corrected chi connectivity index (χ2v) is 12.9. The van der Waals surface area contributed by atoms with Crippen LogP contribution >= 0.6 is 22.9 Å². The van der Waals surface area contributed by atoms with Crippen LogP contribution in [0.15, 0.2) is 48.7 Å². The van der Waals surface area contributed by atoms with Gasteiger partial charge in [0.05, 0.1) is 27.3 Å². The van der Waals surface area contributed by atoms with Gasteiger partial charge in [-0.25, -0.2) is 14.2 Å². The molecule has 2 heterocycles. The summed E-state index contributed by atoms with van der Waals surface area (Å²) in [6.07, 6.45) is 9.13. The maximum Gasteiger partial charge on any atom is 0.212 e. The van der Waals surface area contributed by atoms with E-state index < -0.39 is 5.95 Å². The number of pyridine rings is 1. The highest BCUT2D eigenvalue weighted by Crippen LogP contribution is 2.60. The van der Waals surface area contributed by atoms with E-state index >= 15 is 0 Å². The summed E-state index contributed by atoms with van der Waals surface area (Å²) in [7, 11) is 1.68. The third-order valence-corrected chi connectivity index (χ3v) is 10.9. The minimum absolute atomic E-state index is 0.308. The molecule has 3 nitrogen and oxygen atoms in total. The van der Waals surface area contributed by atoms with Crippen LogP contribution in [-0.2, 0) is 11.2 Å². The number of ether oxygens (including phenoxy) is 1. The van der Waals surface area contributed by atoms with Gasteiger partial charge in [0.25, 0.3) is 0 Å². The molecule has 6 rings (SSSR count). The third-order valence-electron chi connectivity index (χ3n) is 9.17. The molecule has 4 aromatic rings. The van der Waals surface area contributed by atoms with E-state index in [4.69, 9.17) is 16.3 Å². The summed E-state index contributed by atoms with van der Waals surface area (Å²) >= 11 is 8.04. The Morgan fingerprint density at radius 3 is 2.54 bits per heavy atom. The molecule has 0 spiro atoms. The first-order valence-electron chi connectivity index (χ1n) is 14.3. The summed E-state index contributed by atoms with van der Waals surface area (Å²) in [6, 6.07) is 12.3. The van der Waals surface area contributed by atoms with Gasteiger partial charge in [-0.3, -0.25) is 0 Å². The van der Waals surface area contributed by atoms with Gasteiger partial charge in [-0.15, -0.1) is 11.3 Å². The molecular formula is C34H32ClF2NO2S. The normalized spacial score (nSPS) is 20.7. The smallest absolute Gasteiger partial charge is 0.212 e. The minimum atomic E-state index is -0.505. The van der Waals surface area contributed by atoms with Crippen LogP contribution in [0.4, 0.5) is 8.78 Å². The number of halogens is 3. The molecule has 41 heavy (non-hydrogen) atoms. The predicted molar refractivity (Wildman–Crippen MR) is 162 cm³/mol. The molecule has 0 radical (unpaired) electrons. The number of fused-ring (bicyclic) bond motifs is 1. The van der Waals surface area contributed by atoms with E-state index in [2.05, 4.69) is 17.0 Å². The second kappa shape index (κ2) is 11.7. The summed E-state index contributed by atoms with van der Waals surface area (Å²) in [5.74, 6) is 4.00. The van der Waals surface area contributed by atoms with Crippen molar-refractivity contribution < 1.29 is 18.3 Å². The van der Waals surface area contributed by atoms with Crippen molar-refractivity contribution >= 4 is 44.5 Å². The molecule has 0 bridgehead atoms. The summed E-state index contributed by atoms with van der Waals surface area (Å²) in [4.78, 5) is 16.8. The predicted octanol–water partition coefficient (Wildman–Crippen LogP) is 9.50. The molecule has 212 valence electrons. The highest BCUT2D eigenvalue weighted by Gasteiger charge is 2.53. The molecule has 2 aromatic heterocycles.